The third kappa shape index (κ3) is 2.17. The predicted octanol–water partition coefficient (Wildman–Crippen LogP) is 1.28. The molecule has 0 unspecified atom stereocenters. The normalized spacial score (nSPS) is 10.1. The summed E-state index contributed by atoms with van der Waals surface area (Å²) in [5, 5.41) is 3.08. The van der Waals surface area contributed by atoms with Crippen LogP contribution in [-0.4, -0.2) is 26.2 Å². The Morgan fingerprint density at radius 2 is 2.31 bits per heavy atom. The standard InChI is InChI=1S/C9H8ClN5O/c10-8-6(4-16)9(15-5-14-8)13-3-7-11-1-2-12-7/h1-2,4-5H,3H2,(H,11,12)(H,13,14,15). The highest BCUT2D eigenvalue weighted by Crippen LogP contribution is 2.17. The minimum Gasteiger partial charge on any atom is -0.362 e. The number of aromatic amines is 1. The van der Waals surface area contributed by atoms with E-state index < -0.39 is 0 Å². The Morgan fingerprint density at radius 3 is 3.00 bits per heavy atom. The minimum absolute atomic E-state index is 0.131. The fourth-order valence-electron chi connectivity index (χ4n) is 1.18. The lowest BCUT2D eigenvalue weighted by molar-refractivity contribution is 0.112. The summed E-state index contributed by atoms with van der Waals surface area (Å²) >= 11 is 5.74. The molecule has 0 saturated heterocycles. The van der Waals surface area contributed by atoms with Crippen LogP contribution in [0.2, 0.25) is 5.15 Å². The first-order valence-corrected chi connectivity index (χ1v) is 4.87. The van der Waals surface area contributed by atoms with Crippen LogP contribution < -0.4 is 5.32 Å². The van der Waals surface area contributed by atoms with Crippen molar-refractivity contribution in [3.8, 4) is 0 Å². The number of nitrogens with zero attached hydrogens (tertiary/aromatic N) is 3. The summed E-state index contributed by atoms with van der Waals surface area (Å²) < 4.78 is 0. The van der Waals surface area contributed by atoms with Gasteiger partial charge in [-0.15, -0.1) is 0 Å². The third-order valence-electron chi connectivity index (χ3n) is 1.93. The van der Waals surface area contributed by atoms with E-state index in [1.54, 1.807) is 12.4 Å². The molecule has 2 rings (SSSR count). The van der Waals surface area contributed by atoms with Gasteiger partial charge >= 0.3 is 0 Å². The van der Waals surface area contributed by atoms with Crippen molar-refractivity contribution in [1.82, 2.24) is 19.9 Å². The average molecular weight is 238 g/mol. The lowest BCUT2D eigenvalue weighted by Gasteiger charge is -2.06. The van der Waals surface area contributed by atoms with Crippen molar-refractivity contribution >= 4 is 23.7 Å². The number of rotatable bonds is 4. The van der Waals surface area contributed by atoms with Gasteiger partial charge in [0.25, 0.3) is 0 Å². The van der Waals surface area contributed by atoms with Crippen molar-refractivity contribution in [1.29, 1.82) is 0 Å². The average Bonchev–Trinajstić information content (AvgIpc) is 2.79. The zero-order valence-corrected chi connectivity index (χ0v) is 8.90. The van der Waals surface area contributed by atoms with Crippen molar-refractivity contribution in [3.05, 3.63) is 35.3 Å². The van der Waals surface area contributed by atoms with Gasteiger partial charge in [0.1, 0.15) is 23.1 Å². The van der Waals surface area contributed by atoms with Gasteiger partial charge in [0.05, 0.1) is 12.1 Å². The third-order valence-corrected chi connectivity index (χ3v) is 2.23. The van der Waals surface area contributed by atoms with Crippen LogP contribution in [0.15, 0.2) is 18.7 Å². The number of nitrogens with one attached hydrogen (secondary N) is 2. The van der Waals surface area contributed by atoms with Gasteiger partial charge in [0.2, 0.25) is 0 Å². The van der Waals surface area contributed by atoms with Crippen molar-refractivity contribution in [2.45, 2.75) is 6.54 Å². The first-order valence-electron chi connectivity index (χ1n) is 4.49. The van der Waals surface area contributed by atoms with Crippen molar-refractivity contribution in [2.75, 3.05) is 5.32 Å². The van der Waals surface area contributed by atoms with Crippen molar-refractivity contribution in [2.24, 2.45) is 0 Å². The highest BCUT2D eigenvalue weighted by atomic mass is 35.5. The van der Waals surface area contributed by atoms with Gasteiger partial charge in [-0.05, 0) is 0 Å². The molecular formula is C9H8ClN5O. The van der Waals surface area contributed by atoms with Gasteiger partial charge in [0.15, 0.2) is 6.29 Å². The second kappa shape index (κ2) is 4.71. The van der Waals surface area contributed by atoms with E-state index in [0.29, 0.717) is 18.6 Å². The summed E-state index contributed by atoms with van der Waals surface area (Å²) in [4.78, 5) is 25.4. The molecule has 0 spiro atoms. The Balaban J connectivity index is 2.15. The maximum atomic E-state index is 10.8. The Bertz CT molecular complexity index is 485. The lowest BCUT2D eigenvalue weighted by Crippen LogP contribution is -2.06. The fraction of sp³-hybridized carbons (Fsp3) is 0.111. The van der Waals surface area contributed by atoms with E-state index in [4.69, 9.17) is 11.6 Å². The molecule has 0 atom stereocenters. The highest BCUT2D eigenvalue weighted by Gasteiger charge is 2.08. The first kappa shape index (κ1) is 10.6. The number of anilines is 1. The number of carbonyl (C=O) groups is 1. The van der Waals surface area contributed by atoms with E-state index in [1.165, 1.54) is 6.33 Å². The molecule has 0 radical (unpaired) electrons. The maximum absolute atomic E-state index is 10.8. The molecular weight excluding hydrogens is 230 g/mol. The molecule has 0 aliphatic heterocycles. The largest absolute Gasteiger partial charge is 0.362 e. The number of aromatic nitrogens is 4. The number of halogens is 1. The van der Waals surface area contributed by atoms with Crippen LogP contribution in [0.5, 0.6) is 0 Å². The molecule has 2 N–H and O–H groups in total. The zero-order chi connectivity index (χ0) is 11.4. The van der Waals surface area contributed by atoms with Crippen LogP contribution in [0.3, 0.4) is 0 Å². The summed E-state index contributed by atoms with van der Waals surface area (Å²) in [5.74, 6) is 1.14. The molecule has 0 saturated carbocycles. The zero-order valence-electron chi connectivity index (χ0n) is 8.14. The fourth-order valence-corrected chi connectivity index (χ4v) is 1.36. The molecule has 0 amide bonds. The summed E-state index contributed by atoms with van der Waals surface area (Å²) in [6.45, 7) is 0.432. The van der Waals surface area contributed by atoms with Crippen LogP contribution in [0.25, 0.3) is 0 Å². The lowest BCUT2D eigenvalue weighted by atomic mass is 10.3. The molecule has 6 nitrogen and oxygen atoms in total. The number of H-pyrrole nitrogens is 1. The molecule has 2 aromatic heterocycles. The topological polar surface area (TPSA) is 83.6 Å². The quantitative estimate of drug-likeness (QED) is 0.618. The summed E-state index contributed by atoms with van der Waals surface area (Å²) in [5.41, 5.74) is 0.246. The molecule has 82 valence electrons. The molecule has 2 aromatic rings. The smallest absolute Gasteiger partial charge is 0.156 e. The molecule has 0 fully saturated rings. The van der Waals surface area contributed by atoms with Gasteiger partial charge in [0, 0.05) is 12.4 Å². The Morgan fingerprint density at radius 1 is 1.44 bits per heavy atom. The van der Waals surface area contributed by atoms with Crippen LogP contribution in [-0.2, 0) is 6.54 Å². The van der Waals surface area contributed by atoms with Gasteiger partial charge in [-0.2, -0.15) is 0 Å². The van der Waals surface area contributed by atoms with Crippen molar-refractivity contribution < 1.29 is 4.79 Å². The number of carbonyl (C=O) groups excluding carboxylic acids is 1. The predicted molar refractivity (Wildman–Crippen MR) is 58.3 cm³/mol. The second-order valence-corrected chi connectivity index (χ2v) is 3.29. The van der Waals surface area contributed by atoms with E-state index in [0.717, 1.165) is 5.82 Å². The number of imidazole rings is 1. The molecule has 7 heteroatoms. The highest BCUT2D eigenvalue weighted by molar-refractivity contribution is 6.32. The van der Waals surface area contributed by atoms with E-state index in [-0.39, 0.29) is 10.7 Å². The second-order valence-electron chi connectivity index (χ2n) is 2.93. The van der Waals surface area contributed by atoms with Gasteiger partial charge in [-0.1, -0.05) is 11.6 Å². The van der Waals surface area contributed by atoms with E-state index in [1.807, 2.05) is 0 Å². The van der Waals surface area contributed by atoms with Gasteiger partial charge in [-0.25, -0.2) is 15.0 Å². The van der Waals surface area contributed by atoms with Crippen molar-refractivity contribution in [3.63, 3.8) is 0 Å². The number of hydrogen-bond acceptors (Lipinski definition) is 5. The monoisotopic (exact) mass is 237 g/mol. The van der Waals surface area contributed by atoms with Crippen LogP contribution in [0.4, 0.5) is 5.82 Å². The maximum Gasteiger partial charge on any atom is 0.156 e. The summed E-state index contributed by atoms with van der Waals surface area (Å²) in [7, 11) is 0. The number of aldehydes is 1. The van der Waals surface area contributed by atoms with E-state index >= 15 is 0 Å². The van der Waals surface area contributed by atoms with Gasteiger partial charge in [-0.3, -0.25) is 4.79 Å². The molecule has 0 bridgehead atoms. The first-order chi connectivity index (χ1) is 7.81. The van der Waals surface area contributed by atoms with Gasteiger partial charge < -0.3 is 10.3 Å². The molecule has 0 aliphatic rings. The molecule has 0 aromatic carbocycles. The summed E-state index contributed by atoms with van der Waals surface area (Å²) in [6, 6.07) is 0. The molecule has 2 heterocycles. The van der Waals surface area contributed by atoms with E-state index in [2.05, 4.69) is 25.3 Å². The Hall–Kier alpha value is -1.95. The van der Waals surface area contributed by atoms with Crippen LogP contribution >= 0.6 is 11.6 Å². The Labute approximate surface area is 96.1 Å². The SMILES string of the molecule is O=Cc1c(Cl)ncnc1NCc1ncc[nH]1. The van der Waals surface area contributed by atoms with Crippen LogP contribution in [0, 0.1) is 0 Å². The summed E-state index contributed by atoms with van der Waals surface area (Å²) in [6.07, 6.45) is 5.27. The van der Waals surface area contributed by atoms with Crippen LogP contribution in [0.1, 0.15) is 16.2 Å². The minimum atomic E-state index is 0.131. The molecule has 16 heavy (non-hydrogen) atoms. The molecule has 0 aliphatic carbocycles. The number of hydrogen-bond donors (Lipinski definition) is 2. The Kier molecular flexibility index (Phi) is 3.11. The van der Waals surface area contributed by atoms with E-state index in [9.17, 15) is 4.79 Å².